The average molecular weight is 320 g/mol. The number of amides is 1. The highest BCUT2D eigenvalue weighted by atomic mass is 32.1. The van der Waals surface area contributed by atoms with Crippen LogP contribution in [0.2, 0.25) is 0 Å². The van der Waals surface area contributed by atoms with Crippen molar-refractivity contribution in [1.82, 2.24) is 20.1 Å². The standard InChI is InChI=1S/C14H16N4O3S/c1-18-6-9(5-15-18)13-17-11(7-22-13)12(19)16-10(14(20)21)4-8-2-3-8/h5-8,10H,2-4H2,1H3,(H,16,19)(H,20,21). The first-order chi connectivity index (χ1) is 10.5. The van der Waals surface area contributed by atoms with E-state index >= 15 is 0 Å². The number of aryl methyl sites for hydroxylation is 1. The SMILES string of the molecule is Cn1cc(-c2nc(C(=O)NC(CC3CC3)C(=O)O)cs2)cn1. The summed E-state index contributed by atoms with van der Waals surface area (Å²) in [6, 6.07) is -0.844. The Hall–Kier alpha value is -2.22. The Morgan fingerprint density at radius 2 is 2.32 bits per heavy atom. The highest BCUT2D eigenvalue weighted by Gasteiger charge is 2.30. The Morgan fingerprint density at radius 3 is 2.91 bits per heavy atom. The molecule has 116 valence electrons. The fourth-order valence-corrected chi connectivity index (χ4v) is 2.96. The number of nitrogens with zero attached hydrogens (tertiary/aromatic N) is 3. The van der Waals surface area contributed by atoms with Gasteiger partial charge in [0.15, 0.2) is 0 Å². The summed E-state index contributed by atoms with van der Waals surface area (Å²) in [6.07, 6.45) is 6.06. The van der Waals surface area contributed by atoms with E-state index in [0.717, 1.165) is 18.4 Å². The van der Waals surface area contributed by atoms with E-state index in [2.05, 4.69) is 15.4 Å². The largest absolute Gasteiger partial charge is 0.480 e. The Bertz CT molecular complexity index is 705. The summed E-state index contributed by atoms with van der Waals surface area (Å²) in [5, 5.41) is 18.1. The van der Waals surface area contributed by atoms with E-state index in [4.69, 9.17) is 0 Å². The lowest BCUT2D eigenvalue weighted by molar-refractivity contribution is -0.139. The van der Waals surface area contributed by atoms with Crippen LogP contribution in [-0.4, -0.2) is 37.8 Å². The molecule has 1 saturated carbocycles. The van der Waals surface area contributed by atoms with Gasteiger partial charge in [0.2, 0.25) is 0 Å². The first-order valence-corrected chi connectivity index (χ1v) is 7.89. The number of carboxylic acids is 1. The maximum absolute atomic E-state index is 12.2. The molecule has 2 aromatic heterocycles. The van der Waals surface area contributed by atoms with Gasteiger partial charge in [0.05, 0.1) is 6.20 Å². The molecule has 2 aromatic rings. The van der Waals surface area contributed by atoms with Crippen molar-refractivity contribution >= 4 is 23.2 Å². The molecule has 0 saturated heterocycles. The van der Waals surface area contributed by atoms with E-state index in [1.807, 2.05) is 6.20 Å². The Labute approximate surface area is 131 Å². The molecule has 1 aliphatic rings. The molecular formula is C14H16N4O3S. The molecule has 8 heteroatoms. The molecule has 0 aromatic carbocycles. The fraction of sp³-hybridized carbons (Fsp3) is 0.429. The second-order valence-corrected chi connectivity index (χ2v) is 6.34. The van der Waals surface area contributed by atoms with Crippen LogP contribution < -0.4 is 5.32 Å². The zero-order valence-corrected chi connectivity index (χ0v) is 12.8. The quantitative estimate of drug-likeness (QED) is 0.841. The van der Waals surface area contributed by atoms with Gasteiger partial charge in [-0.3, -0.25) is 9.48 Å². The van der Waals surface area contributed by atoms with Gasteiger partial charge in [0.25, 0.3) is 5.91 Å². The smallest absolute Gasteiger partial charge is 0.326 e. The van der Waals surface area contributed by atoms with Crippen LogP contribution in [0.1, 0.15) is 29.8 Å². The van der Waals surface area contributed by atoms with E-state index in [-0.39, 0.29) is 5.69 Å². The third-order valence-corrected chi connectivity index (χ3v) is 4.45. The molecule has 1 aliphatic carbocycles. The first kappa shape index (κ1) is 14.7. The molecule has 2 heterocycles. The summed E-state index contributed by atoms with van der Waals surface area (Å²) >= 11 is 1.33. The Balaban J connectivity index is 1.69. The topological polar surface area (TPSA) is 97.1 Å². The molecular weight excluding hydrogens is 304 g/mol. The van der Waals surface area contributed by atoms with Crippen LogP contribution in [0, 0.1) is 5.92 Å². The number of hydrogen-bond acceptors (Lipinski definition) is 5. The number of hydrogen-bond donors (Lipinski definition) is 2. The number of carbonyl (C=O) groups excluding carboxylic acids is 1. The number of carbonyl (C=O) groups is 2. The van der Waals surface area contributed by atoms with Crippen LogP contribution in [0.4, 0.5) is 0 Å². The third kappa shape index (κ3) is 3.33. The molecule has 1 atom stereocenters. The number of aliphatic carboxylic acids is 1. The third-order valence-electron chi connectivity index (χ3n) is 3.56. The zero-order valence-electron chi connectivity index (χ0n) is 12.0. The molecule has 7 nitrogen and oxygen atoms in total. The number of rotatable bonds is 6. The molecule has 1 fully saturated rings. The van der Waals surface area contributed by atoms with Crippen LogP contribution in [0.3, 0.4) is 0 Å². The van der Waals surface area contributed by atoms with Gasteiger partial charge in [-0.2, -0.15) is 5.10 Å². The maximum atomic E-state index is 12.2. The van der Waals surface area contributed by atoms with E-state index < -0.39 is 17.9 Å². The van der Waals surface area contributed by atoms with Crippen molar-refractivity contribution in [3.63, 3.8) is 0 Å². The molecule has 1 unspecified atom stereocenters. The lowest BCUT2D eigenvalue weighted by Gasteiger charge is -2.12. The number of aromatic nitrogens is 3. The highest BCUT2D eigenvalue weighted by Crippen LogP contribution is 2.33. The molecule has 22 heavy (non-hydrogen) atoms. The van der Waals surface area contributed by atoms with Gasteiger partial charge in [-0.15, -0.1) is 11.3 Å². The van der Waals surface area contributed by atoms with Crippen LogP contribution in [0.5, 0.6) is 0 Å². The van der Waals surface area contributed by atoms with Crippen LogP contribution in [0.15, 0.2) is 17.8 Å². The van der Waals surface area contributed by atoms with Gasteiger partial charge in [0.1, 0.15) is 16.7 Å². The summed E-state index contributed by atoms with van der Waals surface area (Å²) in [5.41, 5.74) is 1.07. The van der Waals surface area contributed by atoms with Crippen molar-refractivity contribution < 1.29 is 14.7 Å². The maximum Gasteiger partial charge on any atom is 0.326 e. The van der Waals surface area contributed by atoms with E-state index in [0.29, 0.717) is 17.3 Å². The van der Waals surface area contributed by atoms with Crippen molar-refractivity contribution in [3.8, 4) is 10.6 Å². The van der Waals surface area contributed by atoms with Crippen molar-refractivity contribution in [1.29, 1.82) is 0 Å². The highest BCUT2D eigenvalue weighted by molar-refractivity contribution is 7.13. The van der Waals surface area contributed by atoms with E-state index in [1.165, 1.54) is 11.3 Å². The van der Waals surface area contributed by atoms with Gasteiger partial charge in [-0.25, -0.2) is 9.78 Å². The van der Waals surface area contributed by atoms with Gasteiger partial charge >= 0.3 is 5.97 Å². The van der Waals surface area contributed by atoms with Gasteiger partial charge < -0.3 is 10.4 Å². The summed E-state index contributed by atoms with van der Waals surface area (Å²) in [4.78, 5) is 27.6. The van der Waals surface area contributed by atoms with Crippen LogP contribution in [0.25, 0.3) is 10.6 Å². The van der Waals surface area contributed by atoms with Gasteiger partial charge in [-0.1, -0.05) is 12.8 Å². The molecule has 1 amide bonds. The zero-order chi connectivity index (χ0) is 15.7. The molecule has 0 aliphatic heterocycles. The van der Waals surface area contributed by atoms with Gasteiger partial charge in [0, 0.05) is 24.2 Å². The molecule has 2 N–H and O–H groups in total. The van der Waals surface area contributed by atoms with Gasteiger partial charge in [-0.05, 0) is 12.3 Å². The number of carboxylic acid groups (broad SMARTS) is 1. The van der Waals surface area contributed by atoms with E-state index in [9.17, 15) is 14.7 Å². The Kier molecular flexibility index (Phi) is 3.93. The second kappa shape index (κ2) is 5.88. The van der Waals surface area contributed by atoms with Crippen molar-refractivity contribution in [3.05, 3.63) is 23.5 Å². The first-order valence-electron chi connectivity index (χ1n) is 7.01. The monoisotopic (exact) mass is 320 g/mol. The van der Waals surface area contributed by atoms with E-state index in [1.54, 1.807) is 23.3 Å². The summed E-state index contributed by atoms with van der Waals surface area (Å²) < 4.78 is 1.66. The Morgan fingerprint density at radius 1 is 1.55 bits per heavy atom. The average Bonchev–Trinajstić information content (AvgIpc) is 2.98. The fourth-order valence-electron chi connectivity index (χ4n) is 2.18. The lowest BCUT2D eigenvalue weighted by atomic mass is 10.1. The van der Waals surface area contributed by atoms with Crippen LogP contribution >= 0.6 is 11.3 Å². The van der Waals surface area contributed by atoms with Crippen molar-refractivity contribution in [2.24, 2.45) is 13.0 Å². The van der Waals surface area contributed by atoms with Crippen LogP contribution in [-0.2, 0) is 11.8 Å². The minimum atomic E-state index is -0.997. The summed E-state index contributed by atoms with van der Waals surface area (Å²) in [7, 11) is 1.81. The number of nitrogens with one attached hydrogen (secondary N) is 1. The predicted octanol–water partition coefficient (Wildman–Crippen LogP) is 1.53. The minimum absolute atomic E-state index is 0.242. The molecule has 3 rings (SSSR count). The minimum Gasteiger partial charge on any atom is -0.480 e. The number of thiazole rings is 1. The molecule has 0 radical (unpaired) electrons. The van der Waals surface area contributed by atoms with Crippen molar-refractivity contribution in [2.75, 3.05) is 0 Å². The predicted molar refractivity (Wildman–Crippen MR) is 80.5 cm³/mol. The van der Waals surface area contributed by atoms with Crippen molar-refractivity contribution in [2.45, 2.75) is 25.3 Å². The lowest BCUT2D eigenvalue weighted by Crippen LogP contribution is -2.41. The summed E-state index contributed by atoms with van der Waals surface area (Å²) in [6.45, 7) is 0. The normalized spacial score (nSPS) is 15.5. The molecule has 0 bridgehead atoms. The second-order valence-electron chi connectivity index (χ2n) is 5.48. The molecule has 0 spiro atoms. The summed E-state index contributed by atoms with van der Waals surface area (Å²) in [5.74, 6) is -1.02.